The van der Waals surface area contributed by atoms with Crippen LogP contribution >= 0.6 is 0 Å². The molecule has 0 amide bonds. The molecule has 0 saturated carbocycles. The molecular weight excluding hydrogens is 232 g/mol. The molecule has 2 rings (SSSR count). The molecule has 1 saturated heterocycles. The van der Waals surface area contributed by atoms with Crippen LogP contribution in [0.25, 0.3) is 0 Å². The van der Waals surface area contributed by atoms with Gasteiger partial charge < -0.3 is 4.90 Å². The molecule has 0 aromatic heterocycles. The van der Waals surface area contributed by atoms with Gasteiger partial charge in [0.2, 0.25) is 0 Å². The Bertz CT molecular complexity index is 384. The van der Waals surface area contributed by atoms with Gasteiger partial charge in [-0.05, 0) is 69.4 Å². The summed E-state index contributed by atoms with van der Waals surface area (Å²) in [5.41, 5.74) is 0.904. The van der Waals surface area contributed by atoms with Crippen molar-refractivity contribution in [1.82, 2.24) is 4.90 Å². The topological polar surface area (TPSA) is 3.24 Å². The lowest BCUT2D eigenvalue weighted by Crippen LogP contribution is -2.30. The summed E-state index contributed by atoms with van der Waals surface area (Å²) >= 11 is 0. The molecule has 3 heteroatoms. The van der Waals surface area contributed by atoms with Crippen molar-refractivity contribution in [2.45, 2.75) is 32.1 Å². The maximum atomic E-state index is 13.0. The van der Waals surface area contributed by atoms with Gasteiger partial charge in [0.15, 0.2) is 11.6 Å². The van der Waals surface area contributed by atoms with E-state index in [1.54, 1.807) is 6.07 Å². The molecule has 1 aliphatic heterocycles. The third-order valence-corrected chi connectivity index (χ3v) is 3.90. The average molecular weight is 253 g/mol. The molecule has 0 atom stereocenters. The van der Waals surface area contributed by atoms with Crippen LogP contribution in [0.1, 0.15) is 31.2 Å². The van der Waals surface area contributed by atoms with E-state index in [2.05, 4.69) is 11.9 Å². The summed E-state index contributed by atoms with van der Waals surface area (Å²) < 4.78 is 25.8. The molecule has 1 aliphatic rings. The molecule has 1 fully saturated rings. The fourth-order valence-corrected chi connectivity index (χ4v) is 2.64. The lowest BCUT2D eigenvalue weighted by Gasteiger charge is -2.28. The van der Waals surface area contributed by atoms with Crippen LogP contribution in [0.5, 0.6) is 0 Å². The van der Waals surface area contributed by atoms with Crippen LogP contribution in [-0.4, -0.2) is 25.0 Å². The molecule has 100 valence electrons. The van der Waals surface area contributed by atoms with E-state index in [1.807, 2.05) is 0 Å². The second kappa shape index (κ2) is 6.28. The van der Waals surface area contributed by atoms with Gasteiger partial charge in [-0.2, -0.15) is 0 Å². The number of halogens is 2. The van der Waals surface area contributed by atoms with Crippen LogP contribution in [-0.2, 0) is 6.42 Å². The summed E-state index contributed by atoms with van der Waals surface area (Å²) in [6, 6.07) is 4.23. The Morgan fingerprint density at radius 3 is 2.56 bits per heavy atom. The highest BCUT2D eigenvalue weighted by atomic mass is 19.2. The highest BCUT2D eigenvalue weighted by molar-refractivity contribution is 5.17. The van der Waals surface area contributed by atoms with E-state index in [1.165, 1.54) is 44.5 Å². The number of likely N-dealkylation sites (tertiary alicyclic amines) is 1. The van der Waals surface area contributed by atoms with E-state index in [4.69, 9.17) is 0 Å². The van der Waals surface area contributed by atoms with Gasteiger partial charge in [0.1, 0.15) is 0 Å². The third-order valence-electron chi connectivity index (χ3n) is 3.90. The molecule has 0 spiro atoms. The third kappa shape index (κ3) is 3.77. The van der Waals surface area contributed by atoms with Gasteiger partial charge in [-0.1, -0.05) is 12.5 Å². The van der Waals surface area contributed by atoms with Crippen molar-refractivity contribution in [3.05, 3.63) is 35.4 Å². The number of rotatable bonds is 4. The van der Waals surface area contributed by atoms with Crippen LogP contribution in [0.2, 0.25) is 0 Å². The summed E-state index contributed by atoms with van der Waals surface area (Å²) in [7, 11) is 2.16. The van der Waals surface area contributed by atoms with Crippen LogP contribution in [0.3, 0.4) is 0 Å². The minimum Gasteiger partial charge on any atom is -0.306 e. The van der Waals surface area contributed by atoms with E-state index in [0.29, 0.717) is 0 Å². The van der Waals surface area contributed by atoms with Crippen molar-refractivity contribution in [2.75, 3.05) is 20.1 Å². The lowest BCUT2D eigenvalue weighted by atomic mass is 9.91. The molecular formula is C15H21F2N. The van der Waals surface area contributed by atoms with Gasteiger partial charge in [0.25, 0.3) is 0 Å². The number of hydrogen-bond acceptors (Lipinski definition) is 1. The Hall–Kier alpha value is -0.960. The number of hydrogen-bond donors (Lipinski definition) is 0. The highest BCUT2D eigenvalue weighted by Crippen LogP contribution is 2.22. The Morgan fingerprint density at radius 1 is 1.17 bits per heavy atom. The molecule has 1 heterocycles. The molecule has 0 N–H and O–H groups in total. The minimum atomic E-state index is -0.755. The van der Waals surface area contributed by atoms with Crippen molar-refractivity contribution in [2.24, 2.45) is 5.92 Å². The largest absolute Gasteiger partial charge is 0.306 e. The molecule has 0 radical (unpaired) electrons. The second-order valence-electron chi connectivity index (χ2n) is 5.39. The van der Waals surface area contributed by atoms with Gasteiger partial charge >= 0.3 is 0 Å². The van der Waals surface area contributed by atoms with E-state index in [9.17, 15) is 8.78 Å². The maximum Gasteiger partial charge on any atom is 0.159 e. The summed E-state index contributed by atoms with van der Waals surface area (Å²) in [6.45, 7) is 2.38. The number of nitrogens with zero attached hydrogens (tertiary/aromatic N) is 1. The molecule has 1 aromatic carbocycles. The van der Waals surface area contributed by atoms with Gasteiger partial charge in [-0.3, -0.25) is 0 Å². The lowest BCUT2D eigenvalue weighted by molar-refractivity contribution is 0.210. The molecule has 0 aliphatic carbocycles. The van der Waals surface area contributed by atoms with Crippen molar-refractivity contribution in [3.63, 3.8) is 0 Å². The van der Waals surface area contributed by atoms with E-state index < -0.39 is 11.6 Å². The van der Waals surface area contributed by atoms with Crippen LogP contribution in [0, 0.1) is 17.6 Å². The summed E-state index contributed by atoms with van der Waals surface area (Å²) in [4.78, 5) is 2.37. The van der Waals surface area contributed by atoms with Gasteiger partial charge in [0, 0.05) is 0 Å². The second-order valence-corrected chi connectivity index (χ2v) is 5.39. The van der Waals surface area contributed by atoms with Crippen molar-refractivity contribution in [1.29, 1.82) is 0 Å². The molecule has 1 nitrogen and oxygen atoms in total. The standard InChI is InChI=1S/C15H21F2N/c1-18-9-7-12(8-10-18)3-2-4-13-5-6-14(16)15(17)11-13/h5-6,11-12H,2-4,7-10H2,1H3. The fraction of sp³-hybridized carbons (Fsp3) is 0.600. The van der Waals surface area contributed by atoms with Crippen molar-refractivity contribution < 1.29 is 8.78 Å². The van der Waals surface area contributed by atoms with Crippen molar-refractivity contribution >= 4 is 0 Å². The number of piperidine rings is 1. The van der Waals surface area contributed by atoms with E-state index in [0.717, 1.165) is 24.3 Å². The first-order valence-electron chi connectivity index (χ1n) is 6.77. The van der Waals surface area contributed by atoms with Crippen LogP contribution in [0.4, 0.5) is 8.78 Å². The summed E-state index contributed by atoms with van der Waals surface area (Å²) in [5, 5.41) is 0. The summed E-state index contributed by atoms with van der Waals surface area (Å²) in [5.74, 6) is -0.674. The zero-order valence-electron chi connectivity index (χ0n) is 11.0. The van der Waals surface area contributed by atoms with Crippen molar-refractivity contribution in [3.8, 4) is 0 Å². The quantitative estimate of drug-likeness (QED) is 0.792. The highest BCUT2D eigenvalue weighted by Gasteiger charge is 2.16. The van der Waals surface area contributed by atoms with Gasteiger partial charge in [-0.25, -0.2) is 8.78 Å². The minimum absolute atomic E-state index is 0.730. The maximum absolute atomic E-state index is 13.0. The fourth-order valence-electron chi connectivity index (χ4n) is 2.64. The predicted molar refractivity (Wildman–Crippen MR) is 69.5 cm³/mol. The first kappa shape index (κ1) is 13.5. The SMILES string of the molecule is CN1CCC(CCCc2ccc(F)c(F)c2)CC1. The Morgan fingerprint density at radius 2 is 1.89 bits per heavy atom. The molecule has 0 unspecified atom stereocenters. The van der Waals surface area contributed by atoms with Crippen LogP contribution in [0.15, 0.2) is 18.2 Å². The Balaban J connectivity index is 1.73. The van der Waals surface area contributed by atoms with Crippen LogP contribution < -0.4 is 0 Å². The zero-order valence-corrected chi connectivity index (χ0v) is 11.0. The number of benzene rings is 1. The number of aryl methyl sites for hydroxylation is 1. The Kier molecular flexibility index (Phi) is 4.70. The molecule has 18 heavy (non-hydrogen) atoms. The monoisotopic (exact) mass is 253 g/mol. The van der Waals surface area contributed by atoms with Gasteiger partial charge in [0.05, 0.1) is 0 Å². The van der Waals surface area contributed by atoms with E-state index >= 15 is 0 Å². The molecule has 1 aromatic rings. The molecule has 0 bridgehead atoms. The first-order valence-corrected chi connectivity index (χ1v) is 6.77. The smallest absolute Gasteiger partial charge is 0.159 e. The Labute approximate surface area is 108 Å². The van der Waals surface area contributed by atoms with E-state index in [-0.39, 0.29) is 0 Å². The predicted octanol–water partition coefficient (Wildman–Crippen LogP) is 3.63. The van der Waals surface area contributed by atoms with Gasteiger partial charge in [-0.15, -0.1) is 0 Å². The normalized spacial score (nSPS) is 18.2. The first-order chi connectivity index (χ1) is 8.65. The average Bonchev–Trinajstić information content (AvgIpc) is 2.36. The summed E-state index contributed by atoms with van der Waals surface area (Å²) in [6.07, 6.45) is 5.67. The zero-order chi connectivity index (χ0) is 13.0.